The fraction of sp³-hybridized carbons (Fsp3) is 0.583. The second-order valence-corrected chi connectivity index (χ2v) is 5.44. The van der Waals surface area contributed by atoms with Gasteiger partial charge in [-0.3, -0.25) is 0 Å². The summed E-state index contributed by atoms with van der Waals surface area (Å²) in [6, 6.07) is 0. The number of thioether (sulfide) groups is 1. The smallest absolute Gasteiger partial charge is 0.358 e. The highest BCUT2D eigenvalue weighted by atomic mass is 32.2. The fourth-order valence-electron chi connectivity index (χ4n) is 1.83. The summed E-state index contributed by atoms with van der Waals surface area (Å²) < 4.78 is 4.57. The summed E-state index contributed by atoms with van der Waals surface area (Å²) in [7, 11) is 1.33. The largest absolute Gasteiger partial charge is 0.464 e. The van der Waals surface area contributed by atoms with E-state index in [-0.39, 0.29) is 5.69 Å². The van der Waals surface area contributed by atoms with Gasteiger partial charge in [-0.15, -0.1) is 0 Å². The number of carbonyl (C=O) groups excluding carboxylic acids is 1. The Morgan fingerprint density at radius 3 is 2.83 bits per heavy atom. The molecule has 0 bridgehead atoms. The van der Waals surface area contributed by atoms with Crippen LogP contribution in [0.2, 0.25) is 0 Å². The molecule has 0 radical (unpaired) electrons. The van der Waals surface area contributed by atoms with Crippen LogP contribution in [-0.2, 0) is 4.74 Å². The summed E-state index contributed by atoms with van der Waals surface area (Å²) in [4.78, 5) is 19.3. The second-order valence-electron chi connectivity index (χ2n) is 4.22. The Morgan fingerprint density at radius 1 is 1.44 bits per heavy atom. The highest BCUT2D eigenvalue weighted by molar-refractivity contribution is 7.99. The summed E-state index contributed by atoms with van der Waals surface area (Å²) in [5, 5.41) is 3.26. The number of nitrogens with zero attached hydrogens (tertiary/aromatic N) is 2. The van der Waals surface area contributed by atoms with Crippen LogP contribution in [0, 0.1) is 5.92 Å². The number of hydrogen-bond acceptors (Lipinski definition) is 6. The van der Waals surface area contributed by atoms with Gasteiger partial charge in [-0.05, 0) is 30.3 Å². The number of carbonyl (C=O) groups is 1. The Balaban J connectivity index is 1.84. The molecule has 1 fully saturated rings. The van der Waals surface area contributed by atoms with Crippen LogP contribution >= 0.6 is 11.8 Å². The van der Waals surface area contributed by atoms with Crippen LogP contribution in [0.3, 0.4) is 0 Å². The lowest BCUT2D eigenvalue weighted by atomic mass is 10.0. The minimum atomic E-state index is -0.460. The van der Waals surface area contributed by atoms with E-state index in [1.54, 1.807) is 6.20 Å². The monoisotopic (exact) mass is 267 g/mol. The highest BCUT2D eigenvalue weighted by Gasteiger charge is 2.13. The molecule has 1 aromatic heterocycles. The molecule has 0 saturated carbocycles. The van der Waals surface area contributed by atoms with Crippen LogP contribution in [0.15, 0.2) is 12.4 Å². The van der Waals surface area contributed by atoms with Crippen molar-refractivity contribution >= 4 is 23.5 Å². The Morgan fingerprint density at radius 2 is 2.22 bits per heavy atom. The molecule has 0 amide bonds. The van der Waals surface area contributed by atoms with Gasteiger partial charge in [-0.1, -0.05) is 0 Å². The van der Waals surface area contributed by atoms with E-state index in [1.807, 2.05) is 11.8 Å². The molecule has 0 aliphatic carbocycles. The predicted molar refractivity (Wildman–Crippen MR) is 71.9 cm³/mol. The zero-order valence-electron chi connectivity index (χ0n) is 10.4. The van der Waals surface area contributed by atoms with Gasteiger partial charge in [0.25, 0.3) is 0 Å². The molecule has 18 heavy (non-hydrogen) atoms. The predicted octanol–water partition coefficient (Wildman–Crippen LogP) is 1.82. The molecule has 0 aromatic carbocycles. The third kappa shape index (κ3) is 3.60. The van der Waals surface area contributed by atoms with Crippen molar-refractivity contribution in [1.82, 2.24) is 9.97 Å². The van der Waals surface area contributed by atoms with Gasteiger partial charge in [0.2, 0.25) is 0 Å². The first-order valence-corrected chi connectivity index (χ1v) is 7.17. The number of esters is 1. The molecule has 0 atom stereocenters. The normalized spacial score (nSPS) is 16.3. The van der Waals surface area contributed by atoms with Crippen molar-refractivity contribution in [2.24, 2.45) is 5.92 Å². The Bertz CT molecular complexity index is 391. The summed E-state index contributed by atoms with van der Waals surface area (Å²) in [5.41, 5.74) is 0.233. The molecule has 1 aliphatic rings. The summed E-state index contributed by atoms with van der Waals surface area (Å²) >= 11 is 2.02. The zero-order chi connectivity index (χ0) is 12.8. The quantitative estimate of drug-likeness (QED) is 0.839. The van der Waals surface area contributed by atoms with Gasteiger partial charge in [0.1, 0.15) is 5.82 Å². The third-order valence-electron chi connectivity index (χ3n) is 2.96. The van der Waals surface area contributed by atoms with Gasteiger partial charge < -0.3 is 10.1 Å². The maximum absolute atomic E-state index is 11.2. The Hall–Kier alpha value is -1.30. The molecular weight excluding hydrogens is 250 g/mol. The van der Waals surface area contributed by atoms with Gasteiger partial charge in [0, 0.05) is 6.54 Å². The number of rotatable bonds is 4. The standard InChI is InChI=1S/C12H17N3O2S/c1-17-12(16)10-7-15-11(8-13-10)14-6-9-2-4-18-5-3-9/h7-9H,2-6H2,1H3,(H,14,15). The minimum Gasteiger partial charge on any atom is -0.464 e. The molecule has 1 saturated heterocycles. The first-order valence-electron chi connectivity index (χ1n) is 6.01. The number of nitrogens with one attached hydrogen (secondary N) is 1. The summed E-state index contributed by atoms with van der Waals surface area (Å²) in [6.45, 7) is 0.923. The maximum atomic E-state index is 11.2. The fourth-order valence-corrected chi connectivity index (χ4v) is 3.03. The maximum Gasteiger partial charge on any atom is 0.358 e. The van der Waals surface area contributed by atoms with Crippen LogP contribution in [-0.4, -0.2) is 41.1 Å². The van der Waals surface area contributed by atoms with E-state index in [0.29, 0.717) is 11.7 Å². The molecule has 6 heteroatoms. The van der Waals surface area contributed by atoms with Crippen molar-refractivity contribution in [3.8, 4) is 0 Å². The Labute approximate surface area is 111 Å². The molecule has 2 rings (SSSR count). The molecular formula is C12H17N3O2S. The minimum absolute atomic E-state index is 0.233. The van der Waals surface area contributed by atoms with Gasteiger partial charge in [-0.2, -0.15) is 11.8 Å². The number of anilines is 1. The lowest BCUT2D eigenvalue weighted by Crippen LogP contribution is -2.19. The van der Waals surface area contributed by atoms with Gasteiger partial charge >= 0.3 is 5.97 Å². The molecule has 0 spiro atoms. The summed E-state index contributed by atoms with van der Waals surface area (Å²) in [6.07, 6.45) is 5.52. The van der Waals surface area contributed by atoms with Crippen LogP contribution in [0.25, 0.3) is 0 Å². The third-order valence-corrected chi connectivity index (χ3v) is 4.01. The van der Waals surface area contributed by atoms with Crippen molar-refractivity contribution in [1.29, 1.82) is 0 Å². The van der Waals surface area contributed by atoms with Gasteiger partial charge in [-0.25, -0.2) is 14.8 Å². The molecule has 2 heterocycles. The van der Waals surface area contributed by atoms with Gasteiger partial charge in [0.15, 0.2) is 5.69 Å². The Kier molecular flexibility index (Phi) is 4.81. The topological polar surface area (TPSA) is 64.1 Å². The van der Waals surface area contributed by atoms with Crippen molar-refractivity contribution < 1.29 is 9.53 Å². The van der Waals surface area contributed by atoms with Crippen LogP contribution < -0.4 is 5.32 Å². The van der Waals surface area contributed by atoms with Gasteiger partial charge in [0.05, 0.1) is 19.5 Å². The molecule has 5 nitrogen and oxygen atoms in total. The number of aromatic nitrogens is 2. The molecule has 1 N–H and O–H groups in total. The van der Waals surface area contributed by atoms with E-state index < -0.39 is 5.97 Å². The average Bonchev–Trinajstić information content (AvgIpc) is 2.46. The number of methoxy groups -OCH3 is 1. The van der Waals surface area contributed by atoms with E-state index in [1.165, 1.54) is 37.7 Å². The summed E-state index contributed by atoms with van der Waals surface area (Å²) in [5.74, 6) is 3.46. The van der Waals surface area contributed by atoms with Crippen molar-refractivity contribution in [3.05, 3.63) is 18.1 Å². The van der Waals surface area contributed by atoms with E-state index in [9.17, 15) is 4.79 Å². The lowest BCUT2D eigenvalue weighted by molar-refractivity contribution is 0.0593. The molecule has 1 aromatic rings. The van der Waals surface area contributed by atoms with Crippen LogP contribution in [0.4, 0.5) is 5.82 Å². The van der Waals surface area contributed by atoms with Crippen molar-refractivity contribution in [3.63, 3.8) is 0 Å². The number of hydrogen-bond donors (Lipinski definition) is 1. The first-order chi connectivity index (χ1) is 8.79. The van der Waals surface area contributed by atoms with Crippen molar-refractivity contribution in [2.75, 3.05) is 30.5 Å². The van der Waals surface area contributed by atoms with E-state index in [2.05, 4.69) is 20.0 Å². The zero-order valence-corrected chi connectivity index (χ0v) is 11.2. The average molecular weight is 267 g/mol. The van der Waals surface area contributed by atoms with Crippen molar-refractivity contribution in [2.45, 2.75) is 12.8 Å². The van der Waals surface area contributed by atoms with E-state index >= 15 is 0 Å². The van der Waals surface area contributed by atoms with E-state index in [0.717, 1.165) is 6.54 Å². The first kappa shape index (κ1) is 13.1. The SMILES string of the molecule is COC(=O)c1cnc(NCC2CCSCC2)cn1. The molecule has 98 valence electrons. The highest BCUT2D eigenvalue weighted by Crippen LogP contribution is 2.22. The van der Waals surface area contributed by atoms with Crippen LogP contribution in [0.5, 0.6) is 0 Å². The number of ether oxygens (including phenoxy) is 1. The van der Waals surface area contributed by atoms with Crippen LogP contribution in [0.1, 0.15) is 23.3 Å². The molecule has 1 aliphatic heterocycles. The molecule has 0 unspecified atom stereocenters. The lowest BCUT2D eigenvalue weighted by Gasteiger charge is -2.21. The second kappa shape index (κ2) is 6.58. The van der Waals surface area contributed by atoms with E-state index in [4.69, 9.17) is 0 Å².